The Morgan fingerprint density at radius 3 is 2.41 bits per heavy atom. The molecule has 2 aliphatic rings. The van der Waals surface area contributed by atoms with Crippen LogP contribution in [0, 0.1) is 0 Å². The number of halogens is 2. The minimum Gasteiger partial charge on any atom is -0.376 e. The Morgan fingerprint density at radius 2 is 1.69 bits per heavy atom. The van der Waals surface area contributed by atoms with Crippen molar-refractivity contribution < 1.29 is 19.1 Å². The van der Waals surface area contributed by atoms with Gasteiger partial charge in [0.05, 0.1) is 28.9 Å². The Labute approximate surface area is 198 Å². The molecule has 0 spiro atoms. The molecule has 4 rings (SSSR count). The Morgan fingerprint density at radius 1 is 0.938 bits per heavy atom. The number of morpholine rings is 1. The third kappa shape index (κ3) is 5.62. The Kier molecular flexibility index (Phi) is 7.68. The summed E-state index contributed by atoms with van der Waals surface area (Å²) in [4.78, 5) is 29.8. The second-order valence-corrected chi connectivity index (χ2v) is 8.90. The molecule has 2 aromatic carbocycles. The summed E-state index contributed by atoms with van der Waals surface area (Å²) < 4.78 is 11.7. The van der Waals surface area contributed by atoms with Crippen LogP contribution in [-0.4, -0.2) is 73.2 Å². The van der Waals surface area contributed by atoms with E-state index in [2.05, 4.69) is 0 Å². The minimum atomic E-state index is -0.287. The lowest BCUT2D eigenvalue weighted by atomic mass is 10.1. The number of hydrogen-bond acceptors (Lipinski definition) is 4. The minimum absolute atomic E-state index is 0.0280. The number of carbonyl (C=O) groups is 2. The van der Waals surface area contributed by atoms with E-state index in [1.807, 2.05) is 30.3 Å². The molecule has 0 radical (unpaired) electrons. The summed E-state index contributed by atoms with van der Waals surface area (Å²) in [5, 5.41) is 0.755. The lowest BCUT2D eigenvalue weighted by Crippen LogP contribution is -2.51. The highest BCUT2D eigenvalue weighted by atomic mass is 35.5. The second kappa shape index (κ2) is 10.7. The largest absolute Gasteiger partial charge is 0.376 e. The average Bonchev–Trinajstić information content (AvgIpc) is 3.33. The summed E-state index contributed by atoms with van der Waals surface area (Å²) in [5.74, 6) is -0.186. The predicted molar refractivity (Wildman–Crippen MR) is 123 cm³/mol. The van der Waals surface area contributed by atoms with Gasteiger partial charge in [-0.05, 0) is 43.2 Å². The zero-order valence-corrected chi connectivity index (χ0v) is 19.2. The van der Waals surface area contributed by atoms with Crippen molar-refractivity contribution in [1.82, 2.24) is 9.80 Å². The van der Waals surface area contributed by atoms with E-state index in [1.165, 1.54) is 0 Å². The fourth-order valence-corrected chi connectivity index (χ4v) is 4.41. The van der Waals surface area contributed by atoms with Crippen molar-refractivity contribution in [2.24, 2.45) is 0 Å². The van der Waals surface area contributed by atoms with Crippen molar-refractivity contribution in [3.8, 4) is 0 Å². The Hall–Kier alpha value is -2.12. The van der Waals surface area contributed by atoms with E-state index < -0.39 is 0 Å². The van der Waals surface area contributed by atoms with Crippen molar-refractivity contribution in [3.63, 3.8) is 0 Å². The molecule has 0 unspecified atom stereocenters. The number of amides is 2. The van der Waals surface area contributed by atoms with Crippen molar-refractivity contribution in [1.29, 1.82) is 0 Å². The van der Waals surface area contributed by atoms with Crippen molar-refractivity contribution >= 4 is 35.0 Å². The molecule has 0 bridgehead atoms. The van der Waals surface area contributed by atoms with Crippen LogP contribution in [0.25, 0.3) is 0 Å². The van der Waals surface area contributed by atoms with Gasteiger partial charge in [0, 0.05) is 43.9 Å². The molecule has 32 heavy (non-hydrogen) atoms. The van der Waals surface area contributed by atoms with Crippen molar-refractivity contribution in [2.75, 3.05) is 39.4 Å². The molecule has 170 valence electrons. The fraction of sp³-hybridized carbons (Fsp3) is 0.417. The lowest BCUT2D eigenvalue weighted by Gasteiger charge is -2.36. The normalized spacial score (nSPS) is 20.9. The monoisotopic (exact) mass is 476 g/mol. The van der Waals surface area contributed by atoms with Crippen LogP contribution < -0.4 is 0 Å². The van der Waals surface area contributed by atoms with Gasteiger partial charge in [-0.2, -0.15) is 0 Å². The summed E-state index contributed by atoms with van der Waals surface area (Å²) in [6.07, 6.45) is 1.68. The van der Waals surface area contributed by atoms with E-state index >= 15 is 0 Å². The van der Waals surface area contributed by atoms with Gasteiger partial charge in [-0.1, -0.05) is 41.4 Å². The van der Waals surface area contributed by atoms with Crippen LogP contribution in [0.3, 0.4) is 0 Å². The second-order valence-electron chi connectivity index (χ2n) is 8.08. The molecule has 2 saturated heterocycles. The Bertz CT molecular complexity index is 950. The third-order valence-corrected chi connectivity index (χ3v) is 6.51. The first-order valence-electron chi connectivity index (χ1n) is 10.8. The molecule has 0 aromatic heterocycles. The highest BCUT2D eigenvalue weighted by Crippen LogP contribution is 2.24. The summed E-state index contributed by atoms with van der Waals surface area (Å²) in [7, 11) is 0. The molecule has 8 heteroatoms. The van der Waals surface area contributed by atoms with Crippen LogP contribution >= 0.6 is 23.2 Å². The molecule has 2 aliphatic heterocycles. The summed E-state index contributed by atoms with van der Waals surface area (Å²) >= 11 is 12.1. The van der Waals surface area contributed by atoms with Gasteiger partial charge in [-0.3, -0.25) is 9.59 Å². The lowest BCUT2D eigenvalue weighted by molar-refractivity contribution is -0.0375. The molecule has 0 saturated carbocycles. The molecule has 2 atom stereocenters. The summed E-state index contributed by atoms with van der Waals surface area (Å²) in [5.41, 5.74) is 1.11. The summed E-state index contributed by atoms with van der Waals surface area (Å²) in [6.45, 7) is 2.90. The first kappa shape index (κ1) is 23.1. The number of ether oxygens (including phenoxy) is 2. The number of nitrogens with zero attached hydrogens (tertiary/aromatic N) is 2. The predicted octanol–water partition coefficient (Wildman–Crippen LogP) is 4.16. The molecule has 2 aromatic rings. The number of hydrogen-bond donors (Lipinski definition) is 0. The maximum atomic E-state index is 13.2. The van der Waals surface area contributed by atoms with Crippen LogP contribution in [0.4, 0.5) is 0 Å². The number of rotatable bonds is 6. The van der Waals surface area contributed by atoms with Crippen LogP contribution in [0.1, 0.15) is 33.6 Å². The molecule has 6 nitrogen and oxygen atoms in total. The zero-order valence-electron chi connectivity index (χ0n) is 17.7. The van der Waals surface area contributed by atoms with Crippen LogP contribution in [-0.2, 0) is 9.47 Å². The van der Waals surface area contributed by atoms with Gasteiger partial charge < -0.3 is 19.3 Å². The SMILES string of the molecule is O=C(c1ccc(Cl)c(Cl)c1)N1CCO[C@H](CN(C[C@H]2CCCO2)C(=O)c2ccccc2)C1. The number of benzene rings is 2. The standard InChI is InChI=1S/C24H26Cl2N2O4/c25-21-9-8-18(13-22(21)26)24(30)27-10-12-32-20(15-27)16-28(14-19-7-4-11-31-19)23(29)17-5-2-1-3-6-17/h1-3,5-6,8-9,13,19-20H,4,7,10-12,14-16H2/t19-,20+/m1/s1. The van der Waals surface area contributed by atoms with Crippen LogP contribution in [0.5, 0.6) is 0 Å². The molecule has 2 amide bonds. The quantitative estimate of drug-likeness (QED) is 0.627. The van der Waals surface area contributed by atoms with E-state index in [0.717, 1.165) is 19.4 Å². The van der Waals surface area contributed by atoms with Crippen LogP contribution in [0.15, 0.2) is 48.5 Å². The van der Waals surface area contributed by atoms with Gasteiger partial charge in [0.15, 0.2) is 0 Å². The maximum Gasteiger partial charge on any atom is 0.254 e. The van der Waals surface area contributed by atoms with Gasteiger partial charge in [0.25, 0.3) is 11.8 Å². The smallest absolute Gasteiger partial charge is 0.254 e. The van der Waals surface area contributed by atoms with E-state index in [-0.39, 0.29) is 24.0 Å². The molecule has 2 heterocycles. The van der Waals surface area contributed by atoms with Gasteiger partial charge in [0.2, 0.25) is 0 Å². The topological polar surface area (TPSA) is 59.1 Å². The fourth-order valence-electron chi connectivity index (χ4n) is 4.11. The molecule has 0 aliphatic carbocycles. The van der Waals surface area contributed by atoms with Crippen molar-refractivity contribution in [3.05, 3.63) is 69.7 Å². The van der Waals surface area contributed by atoms with Crippen LogP contribution in [0.2, 0.25) is 10.0 Å². The molecule has 0 N–H and O–H groups in total. The molecule has 2 fully saturated rings. The molecular weight excluding hydrogens is 451 g/mol. The van der Waals surface area contributed by atoms with Crippen molar-refractivity contribution in [2.45, 2.75) is 25.0 Å². The zero-order chi connectivity index (χ0) is 22.5. The summed E-state index contributed by atoms with van der Waals surface area (Å²) in [6, 6.07) is 14.1. The highest BCUT2D eigenvalue weighted by molar-refractivity contribution is 6.42. The first-order valence-corrected chi connectivity index (χ1v) is 11.6. The Balaban J connectivity index is 1.45. The van der Waals surface area contributed by atoms with Gasteiger partial charge in [0.1, 0.15) is 0 Å². The van der Waals surface area contributed by atoms with Gasteiger partial charge in [-0.15, -0.1) is 0 Å². The van der Waals surface area contributed by atoms with E-state index in [9.17, 15) is 9.59 Å². The first-order chi connectivity index (χ1) is 15.5. The molecular formula is C24H26Cl2N2O4. The van der Waals surface area contributed by atoms with E-state index in [1.54, 1.807) is 28.0 Å². The van der Waals surface area contributed by atoms with Gasteiger partial charge in [-0.25, -0.2) is 0 Å². The average molecular weight is 477 g/mol. The highest BCUT2D eigenvalue weighted by Gasteiger charge is 2.30. The van der Waals surface area contributed by atoms with Gasteiger partial charge >= 0.3 is 0 Å². The number of carbonyl (C=O) groups excluding carboxylic acids is 2. The van der Waals surface area contributed by atoms with E-state index in [0.29, 0.717) is 54.0 Å². The van der Waals surface area contributed by atoms with E-state index in [4.69, 9.17) is 32.7 Å². The third-order valence-electron chi connectivity index (χ3n) is 5.77. The maximum absolute atomic E-state index is 13.2.